The predicted molar refractivity (Wildman–Crippen MR) is 112 cm³/mol. The Morgan fingerprint density at radius 3 is 2.80 bits per heavy atom. The van der Waals surface area contributed by atoms with Crippen LogP contribution in [0.2, 0.25) is 0 Å². The summed E-state index contributed by atoms with van der Waals surface area (Å²) in [6.07, 6.45) is 2.45. The lowest BCUT2D eigenvalue weighted by Crippen LogP contribution is -2.44. The molecule has 0 bridgehead atoms. The minimum Gasteiger partial charge on any atom is -0.355 e. The van der Waals surface area contributed by atoms with Gasteiger partial charge in [0.15, 0.2) is 5.96 Å². The molecule has 7 nitrogen and oxygen atoms in total. The molecule has 0 aliphatic carbocycles. The van der Waals surface area contributed by atoms with Crippen LogP contribution in [0.1, 0.15) is 25.3 Å². The van der Waals surface area contributed by atoms with Gasteiger partial charge < -0.3 is 10.6 Å². The molecule has 0 aromatic heterocycles. The third-order valence-corrected chi connectivity index (χ3v) is 5.23. The first-order chi connectivity index (χ1) is 11.4. The molecular formula is C16H28IN5O2S. The molecule has 1 aliphatic rings. The van der Waals surface area contributed by atoms with Crippen molar-refractivity contribution in [3.63, 3.8) is 0 Å². The van der Waals surface area contributed by atoms with E-state index in [2.05, 4.69) is 27.4 Å². The number of rotatable bonds is 6. The Hall–Kier alpha value is -0.910. The molecule has 1 fully saturated rings. The summed E-state index contributed by atoms with van der Waals surface area (Å²) in [6.45, 7) is 5.74. The minimum atomic E-state index is -3.68. The van der Waals surface area contributed by atoms with Gasteiger partial charge in [-0.1, -0.05) is 19.1 Å². The fraction of sp³-hybridized carbons (Fsp3) is 0.562. The van der Waals surface area contributed by atoms with Gasteiger partial charge in [0.2, 0.25) is 10.0 Å². The van der Waals surface area contributed by atoms with Crippen LogP contribution in [0.25, 0.3) is 0 Å². The Balaban J connectivity index is 0.00000312. The summed E-state index contributed by atoms with van der Waals surface area (Å²) in [7, 11) is -1.95. The molecule has 1 aromatic carbocycles. The van der Waals surface area contributed by atoms with Crippen LogP contribution in [-0.4, -0.2) is 52.0 Å². The summed E-state index contributed by atoms with van der Waals surface area (Å²) < 4.78 is 22.8. The maximum Gasteiger partial charge on any atom is 0.238 e. The zero-order valence-electron chi connectivity index (χ0n) is 14.7. The summed E-state index contributed by atoms with van der Waals surface area (Å²) in [6, 6.07) is 7.14. The SMILES string of the molecule is CCN1CCCC1CNC(=NC)NCc1cccc(S(N)(=O)=O)c1.I. The van der Waals surface area contributed by atoms with Crippen molar-refractivity contribution in [2.75, 3.05) is 26.7 Å². The van der Waals surface area contributed by atoms with E-state index in [4.69, 9.17) is 5.14 Å². The number of likely N-dealkylation sites (N-methyl/N-ethyl adjacent to an activating group) is 1. The maximum absolute atomic E-state index is 11.4. The highest BCUT2D eigenvalue weighted by atomic mass is 127. The summed E-state index contributed by atoms with van der Waals surface area (Å²) in [5.41, 5.74) is 0.834. The number of halogens is 1. The van der Waals surface area contributed by atoms with Crippen molar-refractivity contribution in [2.45, 2.75) is 37.2 Å². The number of likely N-dealkylation sites (tertiary alicyclic amines) is 1. The maximum atomic E-state index is 11.4. The quantitative estimate of drug-likeness (QED) is 0.321. The van der Waals surface area contributed by atoms with Gasteiger partial charge in [0.25, 0.3) is 0 Å². The zero-order chi connectivity index (χ0) is 17.6. The third kappa shape index (κ3) is 6.72. The van der Waals surface area contributed by atoms with Gasteiger partial charge in [-0.2, -0.15) is 0 Å². The Morgan fingerprint density at radius 2 is 2.16 bits per heavy atom. The van der Waals surface area contributed by atoms with E-state index in [1.165, 1.54) is 18.9 Å². The van der Waals surface area contributed by atoms with Gasteiger partial charge in [0.1, 0.15) is 0 Å². The van der Waals surface area contributed by atoms with Crippen LogP contribution in [0, 0.1) is 0 Å². The number of primary sulfonamides is 1. The highest BCUT2D eigenvalue weighted by Crippen LogP contribution is 2.15. The van der Waals surface area contributed by atoms with Gasteiger partial charge in [-0.3, -0.25) is 9.89 Å². The number of sulfonamides is 1. The molecule has 1 heterocycles. The second-order valence-electron chi connectivity index (χ2n) is 5.92. The lowest BCUT2D eigenvalue weighted by Gasteiger charge is -2.24. The Labute approximate surface area is 167 Å². The highest BCUT2D eigenvalue weighted by Gasteiger charge is 2.22. The summed E-state index contributed by atoms with van der Waals surface area (Å²) in [4.78, 5) is 6.81. The number of nitrogens with zero attached hydrogens (tertiary/aromatic N) is 2. The number of hydrogen-bond donors (Lipinski definition) is 3. The molecule has 2 rings (SSSR count). The number of nitrogens with two attached hydrogens (primary N) is 1. The number of aliphatic imine (C=N–C) groups is 1. The van der Waals surface area contributed by atoms with Gasteiger partial charge >= 0.3 is 0 Å². The number of benzene rings is 1. The monoisotopic (exact) mass is 481 g/mol. The average Bonchev–Trinajstić information content (AvgIpc) is 3.02. The van der Waals surface area contributed by atoms with E-state index in [1.807, 2.05) is 6.07 Å². The van der Waals surface area contributed by atoms with E-state index in [9.17, 15) is 8.42 Å². The van der Waals surface area contributed by atoms with Crippen molar-refractivity contribution in [1.29, 1.82) is 0 Å². The van der Waals surface area contributed by atoms with Crippen molar-refractivity contribution in [3.8, 4) is 0 Å². The first-order valence-corrected chi connectivity index (χ1v) is 9.79. The molecule has 0 radical (unpaired) electrons. The van der Waals surface area contributed by atoms with Crippen molar-refractivity contribution < 1.29 is 8.42 Å². The molecule has 1 aliphatic heterocycles. The van der Waals surface area contributed by atoms with E-state index >= 15 is 0 Å². The smallest absolute Gasteiger partial charge is 0.238 e. The summed E-state index contributed by atoms with van der Waals surface area (Å²) in [5.74, 6) is 0.707. The molecule has 1 unspecified atom stereocenters. The first-order valence-electron chi connectivity index (χ1n) is 8.24. The molecule has 1 saturated heterocycles. The van der Waals surface area contributed by atoms with Crippen molar-refractivity contribution >= 4 is 40.0 Å². The number of nitrogens with one attached hydrogen (secondary N) is 2. The third-order valence-electron chi connectivity index (χ3n) is 4.32. The van der Waals surface area contributed by atoms with E-state index in [1.54, 1.807) is 19.2 Å². The minimum absolute atomic E-state index is 0. The Morgan fingerprint density at radius 1 is 1.40 bits per heavy atom. The zero-order valence-corrected chi connectivity index (χ0v) is 17.9. The second-order valence-corrected chi connectivity index (χ2v) is 7.49. The van der Waals surface area contributed by atoms with Crippen LogP contribution in [0.4, 0.5) is 0 Å². The molecule has 1 aromatic rings. The van der Waals surface area contributed by atoms with E-state index < -0.39 is 10.0 Å². The largest absolute Gasteiger partial charge is 0.355 e. The van der Waals surface area contributed by atoms with Crippen LogP contribution < -0.4 is 15.8 Å². The first kappa shape index (κ1) is 22.1. The predicted octanol–water partition coefficient (Wildman–Crippen LogP) is 1.10. The molecule has 1 atom stereocenters. The van der Waals surface area contributed by atoms with E-state index in [-0.39, 0.29) is 28.9 Å². The standard InChI is InChI=1S/C16H27N5O2S.HI/c1-3-21-9-5-7-14(21)12-20-16(18-2)19-11-13-6-4-8-15(10-13)24(17,22)23;/h4,6,8,10,14H,3,5,7,9,11-12H2,1-2H3,(H2,17,22,23)(H2,18,19,20);1H. The van der Waals surface area contributed by atoms with E-state index in [0.717, 1.165) is 25.2 Å². The van der Waals surface area contributed by atoms with Gasteiger partial charge in [-0.25, -0.2) is 13.6 Å². The summed E-state index contributed by atoms with van der Waals surface area (Å²) >= 11 is 0. The fourth-order valence-corrected chi connectivity index (χ4v) is 3.58. The van der Waals surface area contributed by atoms with Crippen LogP contribution in [-0.2, 0) is 16.6 Å². The molecule has 25 heavy (non-hydrogen) atoms. The van der Waals surface area contributed by atoms with Crippen molar-refractivity contribution in [3.05, 3.63) is 29.8 Å². The van der Waals surface area contributed by atoms with Crippen LogP contribution in [0.5, 0.6) is 0 Å². The van der Waals surface area contributed by atoms with Gasteiger partial charge in [0.05, 0.1) is 4.90 Å². The van der Waals surface area contributed by atoms with Gasteiger partial charge in [-0.15, -0.1) is 24.0 Å². The highest BCUT2D eigenvalue weighted by molar-refractivity contribution is 14.0. The molecule has 9 heteroatoms. The average molecular weight is 481 g/mol. The topological polar surface area (TPSA) is 99.8 Å². The Bertz CT molecular complexity index is 681. The number of hydrogen-bond acceptors (Lipinski definition) is 4. The fourth-order valence-electron chi connectivity index (χ4n) is 3.00. The normalized spacial score (nSPS) is 18.7. The van der Waals surface area contributed by atoms with E-state index in [0.29, 0.717) is 18.5 Å². The van der Waals surface area contributed by atoms with Crippen LogP contribution in [0.3, 0.4) is 0 Å². The van der Waals surface area contributed by atoms with Gasteiger partial charge in [-0.05, 0) is 43.6 Å². The molecule has 0 amide bonds. The summed E-state index contributed by atoms with van der Waals surface area (Å²) in [5, 5.41) is 11.7. The van der Waals surface area contributed by atoms with Crippen molar-refractivity contribution in [2.24, 2.45) is 10.1 Å². The van der Waals surface area contributed by atoms with Crippen LogP contribution in [0.15, 0.2) is 34.2 Å². The number of guanidine groups is 1. The molecule has 142 valence electrons. The lowest BCUT2D eigenvalue weighted by molar-refractivity contribution is 0.267. The van der Waals surface area contributed by atoms with Crippen molar-refractivity contribution in [1.82, 2.24) is 15.5 Å². The second kappa shape index (κ2) is 10.3. The molecule has 4 N–H and O–H groups in total. The molecular weight excluding hydrogens is 453 g/mol. The Kier molecular flexibility index (Phi) is 9.11. The molecule has 0 saturated carbocycles. The van der Waals surface area contributed by atoms with Crippen LogP contribution >= 0.6 is 24.0 Å². The molecule has 0 spiro atoms. The van der Waals surface area contributed by atoms with Gasteiger partial charge in [0, 0.05) is 26.2 Å². The lowest BCUT2D eigenvalue weighted by atomic mass is 10.2.